The highest BCUT2D eigenvalue weighted by atomic mass is 127. The third-order valence-electron chi connectivity index (χ3n) is 5.33. The van der Waals surface area contributed by atoms with Crippen LogP contribution in [-0.4, -0.2) is 51.7 Å². The zero-order valence-electron chi connectivity index (χ0n) is 18.0. The SMILES string of the molecule is CN=C(NCc1ccccc1OCCN(C)C)NCC1(c2ccccc2F)CC1.I. The van der Waals surface area contributed by atoms with Crippen molar-refractivity contribution in [3.8, 4) is 5.75 Å². The highest BCUT2D eigenvalue weighted by Crippen LogP contribution is 2.48. The second-order valence-corrected chi connectivity index (χ2v) is 7.80. The van der Waals surface area contributed by atoms with Crippen LogP contribution >= 0.6 is 24.0 Å². The molecule has 0 atom stereocenters. The monoisotopic (exact) mass is 526 g/mol. The standard InChI is InChI=1S/C23H31FN4O.HI/c1-25-22(27-17-23(12-13-23)19-9-5-6-10-20(19)24)26-16-18-8-4-7-11-21(18)29-15-14-28(2)3;/h4-11H,12-17H2,1-3H3,(H2,25,26,27);1H. The van der Waals surface area contributed by atoms with Crippen molar-refractivity contribution >= 4 is 29.9 Å². The summed E-state index contributed by atoms with van der Waals surface area (Å²) in [6.07, 6.45) is 1.97. The van der Waals surface area contributed by atoms with Gasteiger partial charge in [0.15, 0.2) is 5.96 Å². The van der Waals surface area contributed by atoms with Gasteiger partial charge in [0.25, 0.3) is 0 Å². The first-order valence-corrected chi connectivity index (χ1v) is 10.1. The maximum absolute atomic E-state index is 14.2. The van der Waals surface area contributed by atoms with Crippen molar-refractivity contribution in [1.29, 1.82) is 0 Å². The zero-order chi connectivity index (χ0) is 20.7. The van der Waals surface area contributed by atoms with Crippen molar-refractivity contribution in [1.82, 2.24) is 15.5 Å². The Morgan fingerprint density at radius 2 is 1.80 bits per heavy atom. The van der Waals surface area contributed by atoms with Gasteiger partial charge in [-0.05, 0) is 44.6 Å². The van der Waals surface area contributed by atoms with Gasteiger partial charge in [-0.25, -0.2) is 4.39 Å². The summed E-state index contributed by atoms with van der Waals surface area (Å²) in [6, 6.07) is 15.1. The van der Waals surface area contributed by atoms with Crippen LogP contribution in [0.25, 0.3) is 0 Å². The summed E-state index contributed by atoms with van der Waals surface area (Å²) in [4.78, 5) is 6.41. The predicted octanol–water partition coefficient (Wildman–Crippen LogP) is 3.78. The molecule has 2 aromatic rings. The summed E-state index contributed by atoms with van der Waals surface area (Å²) in [7, 11) is 5.80. The number of aliphatic imine (C=N–C) groups is 1. The smallest absolute Gasteiger partial charge is 0.191 e. The summed E-state index contributed by atoms with van der Waals surface area (Å²) >= 11 is 0. The van der Waals surface area contributed by atoms with Gasteiger partial charge in [0, 0.05) is 37.7 Å². The molecule has 0 heterocycles. The summed E-state index contributed by atoms with van der Waals surface area (Å²) in [5.74, 6) is 1.46. The van der Waals surface area contributed by atoms with Crippen molar-refractivity contribution < 1.29 is 9.13 Å². The predicted molar refractivity (Wildman–Crippen MR) is 131 cm³/mol. The Labute approximate surface area is 196 Å². The average Bonchev–Trinajstić information content (AvgIpc) is 3.50. The van der Waals surface area contributed by atoms with Crippen LogP contribution in [0, 0.1) is 5.82 Å². The molecular weight excluding hydrogens is 494 g/mol. The number of ether oxygens (including phenoxy) is 1. The second kappa shape index (κ2) is 11.5. The molecule has 0 bridgehead atoms. The molecule has 2 N–H and O–H groups in total. The van der Waals surface area contributed by atoms with Crippen LogP contribution in [0.15, 0.2) is 53.5 Å². The minimum absolute atomic E-state index is 0. The molecule has 1 saturated carbocycles. The molecule has 0 aromatic heterocycles. The number of halogens is 2. The Morgan fingerprint density at radius 3 is 2.47 bits per heavy atom. The first-order chi connectivity index (χ1) is 14.0. The van der Waals surface area contributed by atoms with Crippen molar-refractivity contribution in [2.75, 3.05) is 40.8 Å². The molecule has 5 nitrogen and oxygen atoms in total. The Bertz CT molecular complexity index is 839. The molecule has 1 fully saturated rings. The van der Waals surface area contributed by atoms with E-state index in [-0.39, 0.29) is 35.2 Å². The molecule has 1 aliphatic carbocycles. The molecule has 1 aliphatic rings. The van der Waals surface area contributed by atoms with Crippen LogP contribution in [0.5, 0.6) is 5.75 Å². The van der Waals surface area contributed by atoms with E-state index in [2.05, 4.69) is 20.5 Å². The van der Waals surface area contributed by atoms with Crippen molar-refractivity contribution in [2.24, 2.45) is 4.99 Å². The lowest BCUT2D eigenvalue weighted by atomic mass is 9.95. The van der Waals surface area contributed by atoms with E-state index in [1.165, 1.54) is 6.07 Å². The maximum Gasteiger partial charge on any atom is 0.191 e. The van der Waals surface area contributed by atoms with Gasteiger partial charge in [0.05, 0.1) is 0 Å². The average molecular weight is 526 g/mol. The van der Waals surface area contributed by atoms with Gasteiger partial charge in [-0.15, -0.1) is 24.0 Å². The largest absolute Gasteiger partial charge is 0.492 e. The number of nitrogens with one attached hydrogen (secondary N) is 2. The van der Waals surface area contributed by atoms with Gasteiger partial charge in [-0.1, -0.05) is 36.4 Å². The van der Waals surface area contributed by atoms with Crippen molar-refractivity contribution in [2.45, 2.75) is 24.8 Å². The minimum Gasteiger partial charge on any atom is -0.492 e. The van der Waals surface area contributed by atoms with E-state index in [0.29, 0.717) is 25.7 Å². The van der Waals surface area contributed by atoms with Gasteiger partial charge < -0.3 is 20.3 Å². The van der Waals surface area contributed by atoms with Gasteiger partial charge in [0.1, 0.15) is 18.2 Å². The summed E-state index contributed by atoms with van der Waals surface area (Å²) < 4.78 is 20.1. The molecule has 2 aromatic carbocycles. The van der Waals surface area contributed by atoms with Crippen LogP contribution in [0.4, 0.5) is 4.39 Å². The molecule has 30 heavy (non-hydrogen) atoms. The first-order valence-electron chi connectivity index (χ1n) is 10.1. The quantitative estimate of drug-likeness (QED) is 0.297. The molecule has 0 saturated heterocycles. The Balaban J connectivity index is 0.00000320. The molecule has 0 spiro atoms. The molecular formula is C23H32FIN4O. The van der Waals surface area contributed by atoms with E-state index in [1.807, 2.05) is 50.5 Å². The van der Waals surface area contributed by atoms with Crippen LogP contribution < -0.4 is 15.4 Å². The number of benzene rings is 2. The molecule has 0 aliphatic heterocycles. The number of para-hydroxylation sites is 1. The molecule has 0 unspecified atom stereocenters. The maximum atomic E-state index is 14.2. The lowest BCUT2D eigenvalue weighted by Crippen LogP contribution is -2.41. The topological polar surface area (TPSA) is 48.9 Å². The van der Waals surface area contributed by atoms with Crippen LogP contribution in [0.3, 0.4) is 0 Å². The number of guanidine groups is 1. The molecule has 164 valence electrons. The Morgan fingerprint density at radius 1 is 1.10 bits per heavy atom. The highest BCUT2D eigenvalue weighted by molar-refractivity contribution is 14.0. The number of hydrogen-bond acceptors (Lipinski definition) is 3. The van der Waals surface area contributed by atoms with E-state index in [4.69, 9.17) is 4.74 Å². The van der Waals surface area contributed by atoms with Crippen LogP contribution in [-0.2, 0) is 12.0 Å². The van der Waals surface area contributed by atoms with E-state index in [0.717, 1.165) is 36.3 Å². The third-order valence-corrected chi connectivity index (χ3v) is 5.33. The number of rotatable bonds is 9. The highest BCUT2D eigenvalue weighted by Gasteiger charge is 2.45. The summed E-state index contributed by atoms with van der Waals surface area (Å²) in [5.41, 5.74) is 1.74. The van der Waals surface area contributed by atoms with E-state index in [1.54, 1.807) is 13.1 Å². The normalized spacial score (nSPS) is 14.8. The van der Waals surface area contributed by atoms with Gasteiger partial charge >= 0.3 is 0 Å². The fourth-order valence-corrected chi connectivity index (χ4v) is 3.36. The van der Waals surface area contributed by atoms with E-state index >= 15 is 0 Å². The number of hydrogen-bond donors (Lipinski definition) is 2. The lowest BCUT2D eigenvalue weighted by molar-refractivity contribution is 0.259. The van der Waals surface area contributed by atoms with Gasteiger partial charge in [-0.2, -0.15) is 0 Å². The second-order valence-electron chi connectivity index (χ2n) is 7.80. The van der Waals surface area contributed by atoms with Crippen molar-refractivity contribution in [3.05, 3.63) is 65.5 Å². The van der Waals surface area contributed by atoms with Crippen LogP contribution in [0.2, 0.25) is 0 Å². The minimum atomic E-state index is -0.129. The summed E-state index contributed by atoms with van der Waals surface area (Å²) in [5, 5.41) is 6.72. The van der Waals surface area contributed by atoms with Crippen molar-refractivity contribution in [3.63, 3.8) is 0 Å². The lowest BCUT2D eigenvalue weighted by Gasteiger charge is -2.20. The zero-order valence-corrected chi connectivity index (χ0v) is 20.3. The Kier molecular flexibility index (Phi) is 9.36. The number of nitrogens with zero attached hydrogens (tertiary/aromatic N) is 2. The summed E-state index contributed by atoms with van der Waals surface area (Å²) in [6.45, 7) is 2.77. The fraction of sp³-hybridized carbons (Fsp3) is 0.435. The third kappa shape index (κ3) is 6.57. The van der Waals surface area contributed by atoms with Gasteiger partial charge in [0.2, 0.25) is 0 Å². The van der Waals surface area contributed by atoms with E-state index in [9.17, 15) is 4.39 Å². The molecule has 3 rings (SSSR count). The van der Waals surface area contributed by atoms with Crippen LogP contribution in [0.1, 0.15) is 24.0 Å². The molecule has 0 amide bonds. The van der Waals surface area contributed by atoms with Gasteiger partial charge in [-0.3, -0.25) is 4.99 Å². The first kappa shape index (κ1) is 24.4. The Hall–Kier alpha value is -1.87. The van der Waals surface area contributed by atoms with E-state index < -0.39 is 0 Å². The fourth-order valence-electron chi connectivity index (χ4n) is 3.36. The molecule has 7 heteroatoms. The number of likely N-dealkylation sites (N-methyl/N-ethyl adjacent to an activating group) is 1. The molecule has 0 radical (unpaired) electrons.